The zero-order valence-corrected chi connectivity index (χ0v) is 8.89. The molecule has 2 N–H and O–H groups in total. The first kappa shape index (κ1) is 11.4. The fraction of sp³-hybridized carbons (Fsp3) is 0.143. The van der Waals surface area contributed by atoms with Crippen LogP contribution in [0.4, 0.5) is 11.4 Å². The lowest BCUT2D eigenvalue weighted by Crippen LogP contribution is -2.13. The van der Waals surface area contributed by atoms with Gasteiger partial charge in [0.2, 0.25) is 0 Å². The lowest BCUT2D eigenvalue weighted by atomic mass is 10.3. The van der Waals surface area contributed by atoms with Crippen molar-refractivity contribution in [3.8, 4) is 0 Å². The fourth-order valence-electron chi connectivity index (χ4n) is 0.902. The zero-order valence-electron chi connectivity index (χ0n) is 7.31. The largest absolute Gasteiger partial charge is 0.480 e. The molecular formula is C7H6BrN3O4. The van der Waals surface area contributed by atoms with E-state index < -0.39 is 17.4 Å². The van der Waals surface area contributed by atoms with Gasteiger partial charge in [0.25, 0.3) is 0 Å². The molecule has 0 aliphatic carbocycles. The van der Waals surface area contributed by atoms with Crippen molar-refractivity contribution in [2.45, 2.75) is 0 Å². The highest BCUT2D eigenvalue weighted by Crippen LogP contribution is 2.30. The predicted molar refractivity (Wildman–Crippen MR) is 54.7 cm³/mol. The third-order valence-corrected chi connectivity index (χ3v) is 2.09. The first-order valence-electron chi connectivity index (χ1n) is 3.76. The molecule has 0 atom stereocenters. The number of anilines is 1. The van der Waals surface area contributed by atoms with Crippen LogP contribution in [0.2, 0.25) is 0 Å². The molecule has 0 bridgehead atoms. The summed E-state index contributed by atoms with van der Waals surface area (Å²) in [5, 5.41) is 21.4. The van der Waals surface area contributed by atoms with E-state index in [1.807, 2.05) is 0 Å². The number of carbonyl (C=O) groups is 1. The van der Waals surface area contributed by atoms with E-state index in [1.54, 1.807) is 0 Å². The molecule has 0 aliphatic heterocycles. The van der Waals surface area contributed by atoms with Gasteiger partial charge in [-0.05, 0) is 15.9 Å². The van der Waals surface area contributed by atoms with Gasteiger partial charge < -0.3 is 10.4 Å². The zero-order chi connectivity index (χ0) is 11.4. The minimum Gasteiger partial charge on any atom is -0.480 e. The van der Waals surface area contributed by atoms with Crippen molar-refractivity contribution >= 4 is 33.3 Å². The van der Waals surface area contributed by atoms with Crippen LogP contribution >= 0.6 is 15.9 Å². The van der Waals surface area contributed by atoms with Gasteiger partial charge in [-0.2, -0.15) is 0 Å². The van der Waals surface area contributed by atoms with E-state index in [0.717, 1.165) is 6.20 Å². The van der Waals surface area contributed by atoms with E-state index in [-0.39, 0.29) is 11.4 Å². The number of hydrogen-bond acceptors (Lipinski definition) is 5. The standard InChI is InChI=1S/C7H6BrN3O4/c8-4-1-9-2-5(11(14)15)7(4)10-3-6(12)13/h1-2H,3H2,(H,9,10)(H,12,13). The van der Waals surface area contributed by atoms with E-state index in [9.17, 15) is 14.9 Å². The number of nitrogens with one attached hydrogen (secondary N) is 1. The number of hydrogen-bond donors (Lipinski definition) is 2. The predicted octanol–water partition coefficient (Wildman–Crippen LogP) is 1.25. The van der Waals surface area contributed by atoms with Gasteiger partial charge in [0.1, 0.15) is 18.4 Å². The molecule has 15 heavy (non-hydrogen) atoms. The molecule has 7 nitrogen and oxygen atoms in total. The lowest BCUT2D eigenvalue weighted by Gasteiger charge is -2.05. The van der Waals surface area contributed by atoms with Crippen LogP contribution in [0.25, 0.3) is 0 Å². The third-order valence-electron chi connectivity index (χ3n) is 1.49. The van der Waals surface area contributed by atoms with Gasteiger partial charge in [-0.1, -0.05) is 0 Å². The number of nitro groups is 1. The Hall–Kier alpha value is -1.70. The Labute approximate surface area is 92.4 Å². The molecule has 0 aromatic carbocycles. The van der Waals surface area contributed by atoms with E-state index in [1.165, 1.54) is 6.20 Å². The summed E-state index contributed by atoms with van der Waals surface area (Å²) in [7, 11) is 0. The maximum atomic E-state index is 10.6. The molecule has 0 spiro atoms. The van der Waals surface area contributed by atoms with Crippen molar-refractivity contribution in [3.63, 3.8) is 0 Å². The van der Waals surface area contributed by atoms with Crippen molar-refractivity contribution in [1.82, 2.24) is 4.98 Å². The van der Waals surface area contributed by atoms with Crippen molar-refractivity contribution in [3.05, 3.63) is 27.0 Å². The Morgan fingerprint density at radius 1 is 1.67 bits per heavy atom. The first-order chi connectivity index (χ1) is 7.02. The number of carboxylic acids is 1. The first-order valence-corrected chi connectivity index (χ1v) is 4.55. The third kappa shape index (κ3) is 2.88. The summed E-state index contributed by atoms with van der Waals surface area (Å²) in [4.78, 5) is 23.9. The van der Waals surface area contributed by atoms with Crippen LogP contribution in [0.15, 0.2) is 16.9 Å². The fourth-order valence-corrected chi connectivity index (χ4v) is 1.36. The molecule has 8 heteroatoms. The van der Waals surface area contributed by atoms with E-state index >= 15 is 0 Å². The minimum atomic E-state index is -1.10. The minimum absolute atomic E-state index is 0.109. The Morgan fingerprint density at radius 2 is 2.33 bits per heavy atom. The molecule has 0 radical (unpaired) electrons. The summed E-state index contributed by atoms with van der Waals surface area (Å²) in [6.45, 7) is -0.399. The van der Waals surface area contributed by atoms with E-state index in [4.69, 9.17) is 5.11 Å². The molecule has 0 aliphatic rings. The molecule has 1 rings (SSSR count). The van der Waals surface area contributed by atoms with Crippen molar-refractivity contribution in [2.24, 2.45) is 0 Å². The van der Waals surface area contributed by atoms with Gasteiger partial charge in [0, 0.05) is 6.20 Å². The highest BCUT2D eigenvalue weighted by atomic mass is 79.9. The molecule has 1 aromatic heterocycles. The summed E-state index contributed by atoms with van der Waals surface area (Å²) in [5.41, 5.74) is -0.164. The average Bonchev–Trinajstić information content (AvgIpc) is 2.15. The SMILES string of the molecule is O=C(O)CNc1c(Br)cncc1[N+](=O)[O-]. The monoisotopic (exact) mass is 275 g/mol. The van der Waals surface area contributed by atoms with Gasteiger partial charge in [-0.3, -0.25) is 19.9 Å². The van der Waals surface area contributed by atoms with E-state index in [2.05, 4.69) is 26.2 Å². The Morgan fingerprint density at radius 3 is 2.87 bits per heavy atom. The second-order valence-electron chi connectivity index (χ2n) is 2.52. The molecule has 80 valence electrons. The highest BCUT2D eigenvalue weighted by Gasteiger charge is 2.17. The maximum Gasteiger partial charge on any atom is 0.322 e. The number of nitrogens with zero attached hydrogens (tertiary/aromatic N) is 2. The van der Waals surface area contributed by atoms with Gasteiger partial charge in [0.15, 0.2) is 0 Å². The Balaban J connectivity index is 3.02. The summed E-state index contributed by atoms with van der Waals surface area (Å²) in [6, 6.07) is 0. The van der Waals surface area contributed by atoms with Crippen LogP contribution in [-0.2, 0) is 4.79 Å². The molecule has 0 saturated heterocycles. The summed E-state index contributed by atoms with van der Waals surface area (Å²) < 4.78 is 0.345. The molecular weight excluding hydrogens is 270 g/mol. The summed E-state index contributed by atoms with van der Waals surface area (Å²) >= 11 is 3.04. The van der Waals surface area contributed by atoms with Crippen LogP contribution in [0.3, 0.4) is 0 Å². The topological polar surface area (TPSA) is 105 Å². The number of halogens is 1. The highest BCUT2D eigenvalue weighted by molar-refractivity contribution is 9.10. The molecule has 0 fully saturated rings. The molecule has 0 unspecified atom stereocenters. The van der Waals surface area contributed by atoms with Crippen molar-refractivity contribution in [2.75, 3.05) is 11.9 Å². The van der Waals surface area contributed by atoms with Crippen LogP contribution in [-0.4, -0.2) is 27.5 Å². The Kier molecular flexibility index (Phi) is 3.56. The van der Waals surface area contributed by atoms with Crippen LogP contribution < -0.4 is 5.32 Å². The van der Waals surface area contributed by atoms with Gasteiger partial charge in [-0.15, -0.1) is 0 Å². The number of aliphatic carboxylic acids is 1. The second kappa shape index (κ2) is 4.69. The van der Waals surface area contributed by atoms with Crippen molar-refractivity contribution in [1.29, 1.82) is 0 Å². The van der Waals surface area contributed by atoms with Crippen LogP contribution in [0.5, 0.6) is 0 Å². The van der Waals surface area contributed by atoms with E-state index in [0.29, 0.717) is 4.47 Å². The maximum absolute atomic E-state index is 10.6. The second-order valence-corrected chi connectivity index (χ2v) is 3.37. The normalized spacial score (nSPS) is 9.67. The molecule has 0 saturated carbocycles. The summed E-state index contributed by atoms with van der Waals surface area (Å²) in [5.74, 6) is -1.10. The number of carboxylic acid groups (broad SMARTS) is 1. The number of rotatable bonds is 4. The molecule has 1 aromatic rings. The average molecular weight is 276 g/mol. The van der Waals surface area contributed by atoms with Crippen molar-refractivity contribution < 1.29 is 14.8 Å². The number of pyridine rings is 1. The lowest BCUT2D eigenvalue weighted by molar-refractivity contribution is -0.384. The number of aromatic nitrogens is 1. The van der Waals surface area contributed by atoms with Crippen LogP contribution in [0, 0.1) is 10.1 Å². The Bertz CT molecular complexity index is 409. The van der Waals surface area contributed by atoms with Crippen LogP contribution in [0.1, 0.15) is 0 Å². The van der Waals surface area contributed by atoms with Gasteiger partial charge in [0.05, 0.1) is 9.40 Å². The molecule has 1 heterocycles. The van der Waals surface area contributed by atoms with Gasteiger partial charge in [-0.25, -0.2) is 0 Å². The van der Waals surface area contributed by atoms with Gasteiger partial charge >= 0.3 is 11.7 Å². The summed E-state index contributed by atoms with van der Waals surface area (Å²) in [6.07, 6.45) is 2.39. The smallest absolute Gasteiger partial charge is 0.322 e. The molecule has 0 amide bonds. The quantitative estimate of drug-likeness (QED) is 0.633.